The summed E-state index contributed by atoms with van der Waals surface area (Å²) in [5.74, 6) is 0. The lowest BCUT2D eigenvalue weighted by atomic mass is 10.1. The van der Waals surface area contributed by atoms with Crippen molar-refractivity contribution in [1.82, 2.24) is 5.09 Å². The van der Waals surface area contributed by atoms with Gasteiger partial charge in [-0.25, -0.2) is 5.09 Å². The molecule has 0 spiro atoms. The van der Waals surface area contributed by atoms with Crippen molar-refractivity contribution in [3.8, 4) is 0 Å². The van der Waals surface area contributed by atoms with E-state index in [1.807, 2.05) is 0 Å². The lowest BCUT2D eigenvalue weighted by Gasteiger charge is -2.14. The van der Waals surface area contributed by atoms with Crippen molar-refractivity contribution >= 4 is 18.1 Å². The van der Waals surface area contributed by atoms with Crippen molar-refractivity contribution in [2.45, 2.75) is 45.4 Å². The van der Waals surface area contributed by atoms with Crippen LogP contribution >= 0.6 is 18.1 Å². The molecule has 0 fully saturated rings. The van der Waals surface area contributed by atoms with Gasteiger partial charge in [-0.3, -0.25) is 4.57 Å². The van der Waals surface area contributed by atoms with Crippen molar-refractivity contribution in [1.29, 1.82) is 0 Å². The van der Waals surface area contributed by atoms with E-state index in [0.29, 0.717) is 0 Å². The van der Waals surface area contributed by atoms with Gasteiger partial charge in [0, 0.05) is 13.7 Å². The molecule has 1 unspecified atom stereocenters. The minimum absolute atomic E-state index is 0.790. The van der Waals surface area contributed by atoms with Crippen LogP contribution in [0, 0.1) is 0 Å². The molecule has 0 saturated carbocycles. The topological polar surface area (TPSA) is 38.3 Å². The Morgan fingerprint density at radius 1 is 1.20 bits per heavy atom. The van der Waals surface area contributed by atoms with E-state index in [9.17, 15) is 4.57 Å². The lowest BCUT2D eigenvalue weighted by molar-refractivity contribution is 0.398. The minimum atomic E-state index is -2.58. The second kappa shape index (κ2) is 9.71. The third-order valence-corrected chi connectivity index (χ3v) is 6.17. The summed E-state index contributed by atoms with van der Waals surface area (Å²) in [6, 6.07) is 0. The van der Waals surface area contributed by atoms with Gasteiger partial charge in [0.15, 0.2) is 0 Å². The molecule has 0 aromatic heterocycles. The van der Waals surface area contributed by atoms with E-state index in [1.165, 1.54) is 50.6 Å². The summed E-state index contributed by atoms with van der Waals surface area (Å²) in [5.41, 5.74) is 0. The van der Waals surface area contributed by atoms with Gasteiger partial charge in [0.05, 0.1) is 0 Å². The van der Waals surface area contributed by atoms with Crippen LogP contribution in [-0.4, -0.2) is 19.9 Å². The predicted octanol–water partition coefficient (Wildman–Crippen LogP) is 4.05. The van der Waals surface area contributed by atoms with Gasteiger partial charge in [-0.2, -0.15) is 0 Å². The predicted molar refractivity (Wildman–Crippen MR) is 69.5 cm³/mol. The van der Waals surface area contributed by atoms with Crippen molar-refractivity contribution in [2.75, 3.05) is 19.9 Å². The van der Waals surface area contributed by atoms with Gasteiger partial charge in [0.2, 0.25) is 0 Å². The van der Waals surface area contributed by atoms with E-state index in [0.717, 1.165) is 13.0 Å². The monoisotopic (exact) mass is 253 g/mol. The van der Waals surface area contributed by atoms with E-state index in [-0.39, 0.29) is 0 Å². The van der Waals surface area contributed by atoms with Gasteiger partial charge < -0.3 is 4.52 Å². The first-order chi connectivity index (χ1) is 7.18. The standard InChI is InChI=1S/C10H24NO2PS/c1-4-5-6-7-8-9-10-11-14(12,13-2)15-3/h4-10H2,1-3H3,(H,11,12). The molecule has 0 heterocycles. The van der Waals surface area contributed by atoms with Gasteiger partial charge in [-0.1, -0.05) is 50.4 Å². The lowest BCUT2D eigenvalue weighted by Crippen LogP contribution is -2.10. The van der Waals surface area contributed by atoms with E-state index in [4.69, 9.17) is 4.52 Å². The molecule has 0 rings (SSSR count). The second-order valence-corrected chi connectivity index (χ2v) is 8.12. The van der Waals surface area contributed by atoms with Crippen molar-refractivity contribution < 1.29 is 9.09 Å². The first kappa shape index (κ1) is 15.5. The average molecular weight is 253 g/mol. The molecule has 0 aliphatic rings. The van der Waals surface area contributed by atoms with Gasteiger partial charge in [0.25, 0.3) is 0 Å². The largest absolute Gasteiger partial charge is 0.325 e. The first-order valence-corrected chi connectivity index (χ1v) is 9.10. The highest BCUT2D eigenvalue weighted by Crippen LogP contribution is 2.53. The van der Waals surface area contributed by atoms with Crippen LogP contribution < -0.4 is 5.09 Å². The molecule has 0 saturated heterocycles. The minimum Gasteiger partial charge on any atom is -0.313 e. The van der Waals surface area contributed by atoms with Crippen LogP contribution in [-0.2, 0) is 9.09 Å². The number of nitrogens with one attached hydrogen (secondary N) is 1. The van der Waals surface area contributed by atoms with Crippen molar-refractivity contribution in [3.63, 3.8) is 0 Å². The number of rotatable bonds is 10. The van der Waals surface area contributed by atoms with Crippen LogP contribution in [0.15, 0.2) is 0 Å². The molecule has 0 aromatic rings. The summed E-state index contributed by atoms with van der Waals surface area (Å²) in [4.78, 5) is 0. The first-order valence-electron chi connectivity index (χ1n) is 5.65. The van der Waals surface area contributed by atoms with Crippen LogP contribution in [0.25, 0.3) is 0 Å². The van der Waals surface area contributed by atoms with E-state index in [1.54, 1.807) is 6.26 Å². The molecule has 0 aliphatic carbocycles. The molecular formula is C10H24NO2PS. The molecule has 0 aliphatic heterocycles. The molecule has 3 nitrogen and oxygen atoms in total. The van der Waals surface area contributed by atoms with Crippen LogP contribution in [0.5, 0.6) is 0 Å². The zero-order chi connectivity index (χ0) is 11.6. The van der Waals surface area contributed by atoms with Gasteiger partial charge in [-0.15, -0.1) is 0 Å². The Kier molecular flexibility index (Phi) is 10.0. The third-order valence-electron chi connectivity index (χ3n) is 2.32. The number of hydrogen-bond acceptors (Lipinski definition) is 3. The Labute approximate surface area is 98.0 Å². The normalized spacial score (nSPS) is 15.1. The maximum Gasteiger partial charge on any atom is 0.325 e. The van der Waals surface area contributed by atoms with Crippen LogP contribution in [0.3, 0.4) is 0 Å². The second-order valence-electron chi connectivity index (χ2n) is 3.54. The smallest absolute Gasteiger partial charge is 0.313 e. The number of unbranched alkanes of at least 4 members (excludes halogenated alkanes) is 5. The summed E-state index contributed by atoms with van der Waals surface area (Å²) in [6.45, 7) is 0.431. The molecular weight excluding hydrogens is 229 g/mol. The van der Waals surface area contributed by atoms with Crippen LogP contribution in [0.1, 0.15) is 45.4 Å². The zero-order valence-electron chi connectivity index (χ0n) is 10.1. The van der Waals surface area contributed by atoms with Gasteiger partial charge in [-0.05, 0) is 12.7 Å². The van der Waals surface area contributed by atoms with Crippen molar-refractivity contribution in [2.24, 2.45) is 0 Å². The Balaban J connectivity index is 3.34. The molecule has 1 atom stereocenters. The van der Waals surface area contributed by atoms with E-state index < -0.39 is 6.72 Å². The fraction of sp³-hybridized carbons (Fsp3) is 1.00. The highest BCUT2D eigenvalue weighted by molar-refractivity contribution is 8.55. The fourth-order valence-electron chi connectivity index (χ4n) is 1.32. The third kappa shape index (κ3) is 8.32. The highest BCUT2D eigenvalue weighted by Gasteiger charge is 2.17. The molecule has 0 amide bonds. The summed E-state index contributed by atoms with van der Waals surface area (Å²) in [5, 5.41) is 2.98. The Morgan fingerprint density at radius 3 is 2.33 bits per heavy atom. The summed E-state index contributed by atoms with van der Waals surface area (Å²) in [6.07, 6.45) is 9.31. The maximum absolute atomic E-state index is 11.7. The summed E-state index contributed by atoms with van der Waals surface area (Å²) in [7, 11) is 1.49. The Morgan fingerprint density at radius 2 is 1.80 bits per heavy atom. The molecule has 0 radical (unpaired) electrons. The van der Waals surface area contributed by atoms with Crippen LogP contribution in [0.2, 0.25) is 0 Å². The molecule has 0 bridgehead atoms. The summed E-state index contributed by atoms with van der Waals surface area (Å²) >= 11 is 1.27. The Bertz CT molecular complexity index is 182. The van der Waals surface area contributed by atoms with Crippen molar-refractivity contribution in [3.05, 3.63) is 0 Å². The average Bonchev–Trinajstić information content (AvgIpc) is 2.27. The quantitative estimate of drug-likeness (QED) is 0.471. The highest BCUT2D eigenvalue weighted by atomic mass is 32.7. The van der Waals surface area contributed by atoms with Gasteiger partial charge in [0.1, 0.15) is 0 Å². The van der Waals surface area contributed by atoms with E-state index in [2.05, 4.69) is 12.0 Å². The number of hydrogen-bond donors (Lipinski definition) is 1. The maximum atomic E-state index is 11.7. The zero-order valence-corrected chi connectivity index (χ0v) is 11.8. The molecule has 5 heteroatoms. The van der Waals surface area contributed by atoms with Crippen LogP contribution in [0.4, 0.5) is 0 Å². The van der Waals surface area contributed by atoms with E-state index >= 15 is 0 Å². The fourth-order valence-corrected chi connectivity index (χ4v) is 3.27. The summed E-state index contributed by atoms with van der Waals surface area (Å²) < 4.78 is 16.7. The molecule has 15 heavy (non-hydrogen) atoms. The molecule has 92 valence electrons. The Hall–Kier alpha value is 0.500. The molecule has 0 aromatic carbocycles. The SMILES string of the molecule is CCCCCCCCNP(=O)(OC)SC. The molecule has 1 N–H and O–H groups in total. The van der Waals surface area contributed by atoms with Gasteiger partial charge >= 0.3 is 6.72 Å².